The summed E-state index contributed by atoms with van der Waals surface area (Å²) in [5.41, 5.74) is -0.920. The highest BCUT2D eigenvalue weighted by atomic mass is 32.2. The molecule has 0 aliphatic rings. The molecular weight excluding hydrogens is 202 g/mol. The van der Waals surface area contributed by atoms with Gasteiger partial charge in [0.05, 0.1) is 25.4 Å². The second-order valence-electron chi connectivity index (χ2n) is 3.23. The van der Waals surface area contributed by atoms with Gasteiger partial charge in [0.1, 0.15) is 0 Å². The van der Waals surface area contributed by atoms with Crippen LogP contribution in [0.25, 0.3) is 0 Å². The Labute approximate surface area is 89.7 Å². The molecule has 0 aliphatic carbocycles. The van der Waals surface area contributed by atoms with Crippen molar-refractivity contribution < 1.29 is 15.3 Å². The standard InChI is InChI=1S/C9H21NO3S/c1-2-14-5-3-4-10-9(6-11,7-12)8-13/h10-13H,2-8H2,1H3. The summed E-state index contributed by atoms with van der Waals surface area (Å²) in [5.74, 6) is 2.16. The SMILES string of the molecule is CCSCCCNC(CO)(CO)CO. The third-order valence-electron chi connectivity index (χ3n) is 2.08. The molecule has 86 valence electrons. The minimum Gasteiger partial charge on any atom is -0.394 e. The first-order chi connectivity index (χ1) is 6.74. The van der Waals surface area contributed by atoms with Crippen LogP contribution in [0.1, 0.15) is 13.3 Å². The van der Waals surface area contributed by atoms with E-state index in [1.807, 2.05) is 11.8 Å². The molecule has 0 saturated carbocycles. The van der Waals surface area contributed by atoms with E-state index >= 15 is 0 Å². The van der Waals surface area contributed by atoms with Gasteiger partial charge in [-0.3, -0.25) is 0 Å². The molecule has 4 nitrogen and oxygen atoms in total. The molecule has 14 heavy (non-hydrogen) atoms. The van der Waals surface area contributed by atoms with E-state index in [-0.39, 0.29) is 19.8 Å². The molecule has 0 atom stereocenters. The normalized spacial score (nSPS) is 12.0. The minimum atomic E-state index is -0.920. The highest BCUT2D eigenvalue weighted by Gasteiger charge is 2.26. The first-order valence-corrected chi connectivity index (χ1v) is 6.05. The number of nitrogens with one attached hydrogen (secondary N) is 1. The number of hydrogen-bond donors (Lipinski definition) is 4. The maximum atomic E-state index is 8.99. The zero-order valence-corrected chi connectivity index (χ0v) is 9.52. The van der Waals surface area contributed by atoms with Gasteiger partial charge in [0.25, 0.3) is 0 Å². The van der Waals surface area contributed by atoms with Crippen LogP contribution in [0.2, 0.25) is 0 Å². The van der Waals surface area contributed by atoms with Crippen LogP contribution >= 0.6 is 11.8 Å². The summed E-state index contributed by atoms with van der Waals surface area (Å²) in [7, 11) is 0. The van der Waals surface area contributed by atoms with Crippen molar-refractivity contribution in [2.24, 2.45) is 0 Å². The Morgan fingerprint density at radius 2 is 1.71 bits per heavy atom. The van der Waals surface area contributed by atoms with Gasteiger partial charge in [0, 0.05) is 0 Å². The lowest BCUT2D eigenvalue weighted by Gasteiger charge is -2.28. The first-order valence-electron chi connectivity index (χ1n) is 4.90. The zero-order valence-electron chi connectivity index (χ0n) is 8.70. The van der Waals surface area contributed by atoms with Crippen LogP contribution in [0, 0.1) is 0 Å². The van der Waals surface area contributed by atoms with Crippen LogP contribution < -0.4 is 5.32 Å². The second-order valence-corrected chi connectivity index (χ2v) is 4.63. The summed E-state index contributed by atoms with van der Waals surface area (Å²) in [4.78, 5) is 0. The number of rotatable bonds is 9. The quantitative estimate of drug-likeness (QED) is 0.394. The highest BCUT2D eigenvalue weighted by molar-refractivity contribution is 7.99. The molecular formula is C9H21NO3S. The largest absolute Gasteiger partial charge is 0.394 e. The van der Waals surface area contributed by atoms with E-state index in [1.54, 1.807) is 0 Å². The van der Waals surface area contributed by atoms with Crippen molar-refractivity contribution in [2.75, 3.05) is 37.9 Å². The topological polar surface area (TPSA) is 72.7 Å². The molecule has 4 N–H and O–H groups in total. The van der Waals surface area contributed by atoms with Gasteiger partial charge in [-0.25, -0.2) is 0 Å². The van der Waals surface area contributed by atoms with Gasteiger partial charge in [-0.2, -0.15) is 11.8 Å². The number of hydrogen-bond acceptors (Lipinski definition) is 5. The van der Waals surface area contributed by atoms with Crippen molar-refractivity contribution in [3.63, 3.8) is 0 Å². The van der Waals surface area contributed by atoms with Crippen LogP contribution in [0.15, 0.2) is 0 Å². The number of aliphatic hydroxyl groups excluding tert-OH is 3. The van der Waals surface area contributed by atoms with Crippen LogP contribution in [0.4, 0.5) is 0 Å². The fourth-order valence-corrected chi connectivity index (χ4v) is 1.63. The molecule has 0 radical (unpaired) electrons. The number of thioether (sulfide) groups is 1. The van der Waals surface area contributed by atoms with Crippen molar-refractivity contribution >= 4 is 11.8 Å². The van der Waals surface area contributed by atoms with E-state index < -0.39 is 5.54 Å². The lowest BCUT2D eigenvalue weighted by atomic mass is 10.0. The number of aliphatic hydroxyl groups is 3. The maximum Gasteiger partial charge on any atom is 0.0881 e. The summed E-state index contributed by atoms with van der Waals surface area (Å²) in [5, 5.41) is 30.0. The molecule has 0 rings (SSSR count). The fourth-order valence-electron chi connectivity index (χ4n) is 0.990. The van der Waals surface area contributed by atoms with E-state index in [1.165, 1.54) is 0 Å². The molecule has 0 heterocycles. The molecule has 0 fully saturated rings. The van der Waals surface area contributed by atoms with E-state index in [2.05, 4.69) is 12.2 Å². The van der Waals surface area contributed by atoms with Crippen LogP contribution in [-0.2, 0) is 0 Å². The Morgan fingerprint density at radius 1 is 1.14 bits per heavy atom. The Kier molecular flexibility index (Phi) is 8.61. The fraction of sp³-hybridized carbons (Fsp3) is 1.00. The third kappa shape index (κ3) is 5.17. The van der Waals surface area contributed by atoms with Crippen LogP contribution in [-0.4, -0.2) is 58.7 Å². The summed E-state index contributed by atoms with van der Waals surface area (Å²) < 4.78 is 0. The third-order valence-corrected chi connectivity index (χ3v) is 3.06. The summed E-state index contributed by atoms with van der Waals surface area (Å²) in [6, 6.07) is 0. The Morgan fingerprint density at radius 3 is 2.14 bits per heavy atom. The lowest BCUT2D eigenvalue weighted by molar-refractivity contribution is 0.0429. The van der Waals surface area contributed by atoms with Crippen molar-refractivity contribution in [1.82, 2.24) is 5.32 Å². The second kappa shape index (κ2) is 8.49. The zero-order chi connectivity index (χ0) is 10.9. The summed E-state index contributed by atoms with van der Waals surface area (Å²) >= 11 is 1.85. The Hall–Kier alpha value is 0.190. The molecule has 0 amide bonds. The molecule has 0 saturated heterocycles. The van der Waals surface area contributed by atoms with Gasteiger partial charge >= 0.3 is 0 Å². The first kappa shape index (κ1) is 14.2. The van der Waals surface area contributed by atoms with E-state index in [9.17, 15) is 0 Å². The molecule has 5 heteroatoms. The highest BCUT2D eigenvalue weighted by Crippen LogP contribution is 2.04. The van der Waals surface area contributed by atoms with Gasteiger partial charge in [-0.1, -0.05) is 6.92 Å². The molecule has 0 aromatic carbocycles. The molecule has 0 unspecified atom stereocenters. The van der Waals surface area contributed by atoms with Crippen molar-refractivity contribution in [3.8, 4) is 0 Å². The monoisotopic (exact) mass is 223 g/mol. The van der Waals surface area contributed by atoms with Gasteiger partial charge in [-0.05, 0) is 24.5 Å². The van der Waals surface area contributed by atoms with E-state index in [0.717, 1.165) is 17.9 Å². The predicted molar refractivity (Wildman–Crippen MR) is 59.6 cm³/mol. The van der Waals surface area contributed by atoms with Crippen LogP contribution in [0.3, 0.4) is 0 Å². The Bertz CT molecular complexity index is 123. The average molecular weight is 223 g/mol. The minimum absolute atomic E-state index is 0.249. The summed E-state index contributed by atoms with van der Waals surface area (Å²) in [6.07, 6.45) is 0.972. The lowest BCUT2D eigenvalue weighted by Crippen LogP contribution is -2.55. The maximum absolute atomic E-state index is 8.99. The smallest absolute Gasteiger partial charge is 0.0881 e. The Balaban J connectivity index is 3.61. The predicted octanol–water partition coefficient (Wildman–Crippen LogP) is -0.565. The van der Waals surface area contributed by atoms with Gasteiger partial charge < -0.3 is 20.6 Å². The van der Waals surface area contributed by atoms with Crippen LogP contribution in [0.5, 0.6) is 0 Å². The van der Waals surface area contributed by atoms with E-state index in [4.69, 9.17) is 15.3 Å². The van der Waals surface area contributed by atoms with Crippen molar-refractivity contribution in [3.05, 3.63) is 0 Å². The molecule has 0 aromatic rings. The summed E-state index contributed by atoms with van der Waals surface area (Å²) in [6.45, 7) is 2.06. The van der Waals surface area contributed by atoms with Crippen molar-refractivity contribution in [1.29, 1.82) is 0 Å². The molecule has 0 aromatic heterocycles. The average Bonchev–Trinajstić information content (AvgIpc) is 2.24. The molecule has 0 spiro atoms. The van der Waals surface area contributed by atoms with Gasteiger partial charge in [0.2, 0.25) is 0 Å². The van der Waals surface area contributed by atoms with Gasteiger partial charge in [-0.15, -0.1) is 0 Å². The van der Waals surface area contributed by atoms with Crippen molar-refractivity contribution in [2.45, 2.75) is 18.9 Å². The van der Waals surface area contributed by atoms with Gasteiger partial charge in [0.15, 0.2) is 0 Å². The van der Waals surface area contributed by atoms with E-state index in [0.29, 0.717) is 6.54 Å². The molecule has 0 bridgehead atoms. The molecule has 0 aliphatic heterocycles.